The minimum absolute atomic E-state index is 0.104. The van der Waals surface area contributed by atoms with Crippen LogP contribution in [0.3, 0.4) is 0 Å². The van der Waals surface area contributed by atoms with Crippen molar-refractivity contribution in [1.29, 1.82) is 0 Å². The number of hydrogen-bond donors (Lipinski definition) is 2. The lowest BCUT2D eigenvalue weighted by Crippen LogP contribution is -2.30. The van der Waals surface area contributed by atoms with Crippen LogP contribution in [-0.2, 0) is 4.79 Å². The van der Waals surface area contributed by atoms with Crippen LogP contribution in [-0.4, -0.2) is 27.4 Å². The van der Waals surface area contributed by atoms with Crippen molar-refractivity contribution in [3.63, 3.8) is 0 Å². The molecule has 0 unspecified atom stereocenters. The SMILES string of the molecule is O=C(Nc1ccc(C(=O)/C=C/c2ccccc2[N+](=O)[O-])cc1)/C(=C/c1ccccc1[N+](=O)[O-])NC(=O)c1ccccc1. The van der Waals surface area contributed by atoms with Crippen LogP contribution in [0.15, 0.2) is 115 Å². The minimum atomic E-state index is -0.757. The third-order valence-electron chi connectivity index (χ3n) is 5.94. The molecule has 4 aromatic carbocycles. The lowest BCUT2D eigenvalue weighted by atomic mass is 10.1. The Kier molecular flexibility index (Phi) is 9.05. The van der Waals surface area contributed by atoms with E-state index in [4.69, 9.17) is 0 Å². The second-order valence-corrected chi connectivity index (χ2v) is 8.74. The summed E-state index contributed by atoms with van der Waals surface area (Å²) >= 11 is 0. The molecule has 0 aromatic heterocycles. The van der Waals surface area contributed by atoms with Gasteiger partial charge in [0.25, 0.3) is 23.2 Å². The molecule has 2 amide bonds. The van der Waals surface area contributed by atoms with Crippen LogP contribution in [0.5, 0.6) is 0 Å². The summed E-state index contributed by atoms with van der Waals surface area (Å²) in [5, 5.41) is 27.8. The van der Waals surface area contributed by atoms with Crippen LogP contribution < -0.4 is 10.6 Å². The Morgan fingerprint density at radius 3 is 1.81 bits per heavy atom. The number of rotatable bonds is 10. The van der Waals surface area contributed by atoms with E-state index in [2.05, 4.69) is 10.6 Å². The maximum Gasteiger partial charge on any atom is 0.276 e. The minimum Gasteiger partial charge on any atom is -0.321 e. The molecule has 2 N–H and O–H groups in total. The molecule has 42 heavy (non-hydrogen) atoms. The molecule has 4 aromatic rings. The largest absolute Gasteiger partial charge is 0.321 e. The van der Waals surface area contributed by atoms with Gasteiger partial charge < -0.3 is 10.6 Å². The van der Waals surface area contributed by atoms with Gasteiger partial charge in [0, 0.05) is 28.9 Å². The lowest BCUT2D eigenvalue weighted by Gasteiger charge is -2.12. The normalized spacial score (nSPS) is 11.1. The molecule has 0 saturated heterocycles. The maximum atomic E-state index is 13.2. The van der Waals surface area contributed by atoms with Gasteiger partial charge in [-0.3, -0.25) is 34.6 Å². The summed E-state index contributed by atoms with van der Waals surface area (Å²) in [6.07, 6.45) is 3.77. The molecule has 0 atom stereocenters. The highest BCUT2D eigenvalue weighted by Gasteiger charge is 2.18. The Morgan fingerprint density at radius 2 is 1.19 bits per heavy atom. The van der Waals surface area contributed by atoms with Crippen molar-refractivity contribution < 1.29 is 24.2 Å². The Labute approximate surface area is 239 Å². The van der Waals surface area contributed by atoms with E-state index in [1.54, 1.807) is 42.5 Å². The second kappa shape index (κ2) is 13.2. The number of nitrogens with zero attached hydrogens (tertiary/aromatic N) is 2. The molecular weight excluding hydrogens is 540 g/mol. The van der Waals surface area contributed by atoms with Crippen molar-refractivity contribution in [3.8, 4) is 0 Å². The zero-order valence-corrected chi connectivity index (χ0v) is 21.8. The van der Waals surface area contributed by atoms with E-state index in [1.807, 2.05) is 0 Å². The Hall–Kier alpha value is -6.23. The molecule has 0 heterocycles. The number of carbonyl (C=O) groups excluding carboxylic acids is 3. The van der Waals surface area contributed by atoms with Gasteiger partial charge in [-0.25, -0.2) is 0 Å². The summed E-state index contributed by atoms with van der Waals surface area (Å²) in [5.74, 6) is -1.77. The molecule has 0 aliphatic carbocycles. The van der Waals surface area contributed by atoms with E-state index in [0.29, 0.717) is 0 Å². The van der Waals surface area contributed by atoms with Crippen molar-refractivity contribution in [2.45, 2.75) is 0 Å². The lowest BCUT2D eigenvalue weighted by molar-refractivity contribution is -0.385. The third-order valence-corrected chi connectivity index (χ3v) is 5.94. The topological polar surface area (TPSA) is 162 Å². The molecule has 11 nitrogen and oxygen atoms in total. The fourth-order valence-electron chi connectivity index (χ4n) is 3.85. The Morgan fingerprint density at radius 1 is 0.643 bits per heavy atom. The van der Waals surface area contributed by atoms with Gasteiger partial charge in [-0.2, -0.15) is 0 Å². The number of nitrogens with one attached hydrogen (secondary N) is 2. The first-order valence-electron chi connectivity index (χ1n) is 12.4. The average molecular weight is 563 g/mol. The van der Waals surface area contributed by atoms with E-state index in [0.717, 1.165) is 0 Å². The van der Waals surface area contributed by atoms with Gasteiger partial charge in [-0.15, -0.1) is 0 Å². The van der Waals surface area contributed by atoms with Crippen molar-refractivity contribution in [3.05, 3.63) is 157 Å². The van der Waals surface area contributed by atoms with Crippen molar-refractivity contribution >= 4 is 46.8 Å². The number of carbonyl (C=O) groups is 3. The second-order valence-electron chi connectivity index (χ2n) is 8.74. The van der Waals surface area contributed by atoms with Crippen LogP contribution in [0.1, 0.15) is 31.8 Å². The van der Waals surface area contributed by atoms with Gasteiger partial charge in [-0.05, 0) is 66.8 Å². The molecule has 0 aliphatic rings. The number of ketones is 1. The zero-order chi connectivity index (χ0) is 30.1. The van der Waals surface area contributed by atoms with E-state index in [1.165, 1.54) is 78.9 Å². The Bertz CT molecular complexity index is 1730. The monoisotopic (exact) mass is 562 g/mol. The number of hydrogen-bond acceptors (Lipinski definition) is 7. The van der Waals surface area contributed by atoms with Gasteiger partial charge in [0.1, 0.15) is 5.70 Å². The molecule has 0 fully saturated rings. The van der Waals surface area contributed by atoms with Gasteiger partial charge in [0.2, 0.25) is 0 Å². The summed E-state index contributed by atoms with van der Waals surface area (Å²) < 4.78 is 0. The first kappa shape index (κ1) is 28.8. The van der Waals surface area contributed by atoms with Crippen molar-refractivity contribution in [1.82, 2.24) is 5.32 Å². The van der Waals surface area contributed by atoms with E-state index >= 15 is 0 Å². The fourth-order valence-corrected chi connectivity index (χ4v) is 3.85. The summed E-state index contributed by atoms with van der Waals surface area (Å²) in [7, 11) is 0. The predicted octanol–water partition coefficient (Wildman–Crippen LogP) is 5.81. The number of para-hydroxylation sites is 2. The first-order valence-corrected chi connectivity index (χ1v) is 12.4. The summed E-state index contributed by atoms with van der Waals surface area (Å²) in [5.41, 5.74) is 0.554. The van der Waals surface area contributed by atoms with E-state index < -0.39 is 27.4 Å². The number of nitro groups is 2. The molecule has 11 heteroatoms. The highest BCUT2D eigenvalue weighted by Crippen LogP contribution is 2.22. The molecule has 0 spiro atoms. The number of amides is 2. The molecular formula is C31H22N4O7. The maximum absolute atomic E-state index is 13.2. The third kappa shape index (κ3) is 7.24. The van der Waals surface area contributed by atoms with Crippen molar-refractivity contribution in [2.24, 2.45) is 0 Å². The number of nitro benzene ring substituents is 2. The molecule has 208 valence electrons. The predicted molar refractivity (Wildman–Crippen MR) is 157 cm³/mol. The highest BCUT2D eigenvalue weighted by atomic mass is 16.6. The molecule has 0 bridgehead atoms. The van der Waals surface area contributed by atoms with Gasteiger partial charge in [0.05, 0.1) is 21.0 Å². The standard InChI is InChI=1S/C31H22N4O7/c36-29(19-16-21-8-4-6-12-27(21)34(39)40)22-14-17-25(18-15-22)32-31(38)26(33-30(37)23-9-2-1-3-10-23)20-24-11-5-7-13-28(24)35(41)42/h1-20H,(H,32,38)(H,33,37)/b19-16+,26-20-. The van der Waals surface area contributed by atoms with Gasteiger partial charge in [-0.1, -0.05) is 42.5 Å². The zero-order valence-electron chi connectivity index (χ0n) is 21.8. The van der Waals surface area contributed by atoms with Crippen LogP contribution in [0.25, 0.3) is 12.2 Å². The van der Waals surface area contributed by atoms with Crippen molar-refractivity contribution in [2.75, 3.05) is 5.32 Å². The molecule has 0 radical (unpaired) electrons. The average Bonchev–Trinajstić information content (AvgIpc) is 3.00. The molecule has 0 saturated carbocycles. The highest BCUT2D eigenvalue weighted by molar-refractivity contribution is 6.11. The number of benzene rings is 4. The summed E-state index contributed by atoms with van der Waals surface area (Å²) in [6.45, 7) is 0. The first-order chi connectivity index (χ1) is 20.2. The molecule has 0 aliphatic heterocycles. The van der Waals surface area contributed by atoms with Crippen LogP contribution >= 0.6 is 0 Å². The summed E-state index contributed by atoms with van der Waals surface area (Å²) in [4.78, 5) is 60.2. The van der Waals surface area contributed by atoms with E-state index in [9.17, 15) is 34.6 Å². The van der Waals surface area contributed by atoms with E-state index in [-0.39, 0.29) is 45.0 Å². The smallest absolute Gasteiger partial charge is 0.276 e. The van der Waals surface area contributed by atoms with Crippen LogP contribution in [0, 0.1) is 20.2 Å². The van der Waals surface area contributed by atoms with Gasteiger partial charge in [0.15, 0.2) is 5.78 Å². The summed E-state index contributed by atoms with van der Waals surface area (Å²) in [6, 6.07) is 25.7. The molecule has 4 rings (SSSR count). The quantitative estimate of drug-likeness (QED) is 0.107. The van der Waals surface area contributed by atoms with Crippen LogP contribution in [0.2, 0.25) is 0 Å². The van der Waals surface area contributed by atoms with Gasteiger partial charge >= 0.3 is 0 Å². The number of allylic oxidation sites excluding steroid dienone is 1. The van der Waals surface area contributed by atoms with Crippen LogP contribution in [0.4, 0.5) is 17.1 Å². The fraction of sp³-hybridized carbons (Fsp3) is 0. The Balaban J connectivity index is 1.54. The number of anilines is 1.